The molecule has 0 saturated heterocycles. The van der Waals surface area contributed by atoms with E-state index in [1.807, 2.05) is 12.3 Å². The van der Waals surface area contributed by atoms with Crippen molar-refractivity contribution in [2.24, 2.45) is 0 Å². The Morgan fingerprint density at radius 2 is 2.31 bits per heavy atom. The summed E-state index contributed by atoms with van der Waals surface area (Å²) in [7, 11) is 0. The van der Waals surface area contributed by atoms with Crippen molar-refractivity contribution in [1.82, 2.24) is 9.97 Å². The van der Waals surface area contributed by atoms with E-state index in [2.05, 4.69) is 15.3 Å². The maximum absolute atomic E-state index is 8.68. The summed E-state index contributed by atoms with van der Waals surface area (Å²) >= 11 is 1.74. The second-order valence-corrected chi connectivity index (χ2v) is 3.27. The molecule has 0 spiro atoms. The summed E-state index contributed by atoms with van der Waals surface area (Å²) in [5, 5.41) is 11.7. The van der Waals surface area contributed by atoms with Crippen LogP contribution in [0.2, 0.25) is 0 Å². The highest BCUT2D eigenvalue weighted by molar-refractivity contribution is 7.98. The Labute approximate surface area is 81.4 Å². The van der Waals surface area contributed by atoms with Crippen LogP contribution in [0.4, 0.5) is 5.82 Å². The van der Waals surface area contributed by atoms with Gasteiger partial charge in [0, 0.05) is 24.7 Å². The molecule has 0 aliphatic rings. The molecule has 1 rings (SSSR count). The molecule has 68 valence electrons. The average Bonchev–Trinajstić information content (AvgIpc) is 2.19. The first-order valence-corrected chi connectivity index (χ1v) is 5.21. The largest absolute Gasteiger partial charge is 0.367 e. The lowest BCUT2D eigenvalue weighted by Gasteiger charge is -2.03. The molecule has 13 heavy (non-hydrogen) atoms. The molecule has 0 atom stereocenters. The molecule has 1 N–H and O–H groups in total. The van der Waals surface area contributed by atoms with Gasteiger partial charge < -0.3 is 5.32 Å². The fourth-order valence-electron chi connectivity index (χ4n) is 0.821. The van der Waals surface area contributed by atoms with E-state index in [-0.39, 0.29) is 0 Å². The van der Waals surface area contributed by atoms with Gasteiger partial charge in [-0.05, 0) is 6.26 Å². The lowest BCUT2D eigenvalue weighted by molar-refractivity contribution is 1.11. The Kier molecular flexibility index (Phi) is 4.06. The summed E-state index contributed by atoms with van der Waals surface area (Å²) in [5.74, 6) is 1.56. The Morgan fingerprint density at radius 3 is 3.00 bits per heavy atom. The third-order valence-electron chi connectivity index (χ3n) is 1.40. The highest BCUT2D eigenvalue weighted by Gasteiger charge is 2.01. The number of aromatic nitrogens is 2. The minimum Gasteiger partial charge on any atom is -0.367 e. The fourth-order valence-corrected chi connectivity index (χ4v) is 1.13. The predicted octanol–water partition coefficient (Wildman–Crippen LogP) is 1.12. The SMILES string of the molecule is CSCCNc1nccnc1C#N. The van der Waals surface area contributed by atoms with Gasteiger partial charge in [0.05, 0.1) is 0 Å². The zero-order valence-corrected chi connectivity index (χ0v) is 8.14. The number of rotatable bonds is 4. The van der Waals surface area contributed by atoms with Crippen molar-refractivity contribution in [2.75, 3.05) is 23.9 Å². The van der Waals surface area contributed by atoms with Gasteiger partial charge in [0.25, 0.3) is 0 Å². The Balaban J connectivity index is 2.60. The van der Waals surface area contributed by atoms with Gasteiger partial charge in [-0.15, -0.1) is 0 Å². The van der Waals surface area contributed by atoms with E-state index in [1.54, 1.807) is 18.0 Å². The maximum Gasteiger partial charge on any atom is 0.182 e. The average molecular weight is 194 g/mol. The number of nitrogens with zero attached hydrogens (tertiary/aromatic N) is 3. The molecule has 0 unspecified atom stereocenters. The van der Waals surface area contributed by atoms with Gasteiger partial charge in [0.1, 0.15) is 6.07 Å². The Morgan fingerprint density at radius 1 is 1.54 bits per heavy atom. The van der Waals surface area contributed by atoms with Gasteiger partial charge in [-0.1, -0.05) is 0 Å². The lowest BCUT2D eigenvalue weighted by Crippen LogP contribution is -2.07. The number of hydrogen-bond donors (Lipinski definition) is 1. The zero-order valence-electron chi connectivity index (χ0n) is 7.32. The normalized spacial score (nSPS) is 9.23. The first kappa shape index (κ1) is 9.81. The van der Waals surface area contributed by atoms with Crippen LogP contribution in [0.5, 0.6) is 0 Å². The minimum atomic E-state index is 0.351. The molecule has 0 aliphatic carbocycles. The van der Waals surface area contributed by atoms with Gasteiger partial charge in [0.2, 0.25) is 0 Å². The van der Waals surface area contributed by atoms with Crippen LogP contribution < -0.4 is 5.32 Å². The van der Waals surface area contributed by atoms with Crippen LogP contribution in [0.25, 0.3) is 0 Å². The van der Waals surface area contributed by atoms with Crippen LogP contribution in [-0.4, -0.2) is 28.5 Å². The summed E-state index contributed by atoms with van der Waals surface area (Å²) in [6.45, 7) is 0.800. The number of nitriles is 1. The van der Waals surface area contributed by atoms with E-state index in [4.69, 9.17) is 5.26 Å². The molecule has 4 nitrogen and oxygen atoms in total. The molecular formula is C8H10N4S. The van der Waals surface area contributed by atoms with E-state index in [0.717, 1.165) is 12.3 Å². The van der Waals surface area contributed by atoms with Crippen molar-refractivity contribution in [3.05, 3.63) is 18.1 Å². The highest BCUT2D eigenvalue weighted by atomic mass is 32.2. The molecule has 0 fully saturated rings. The third kappa shape index (κ3) is 2.92. The predicted molar refractivity (Wildman–Crippen MR) is 53.6 cm³/mol. The molecule has 0 bridgehead atoms. The van der Waals surface area contributed by atoms with Crippen molar-refractivity contribution in [1.29, 1.82) is 5.26 Å². The standard InChI is InChI=1S/C8H10N4S/c1-13-5-4-12-8-7(6-9)10-2-3-11-8/h2-3H,4-5H2,1H3,(H,11,12). The van der Waals surface area contributed by atoms with Crippen LogP contribution in [0.3, 0.4) is 0 Å². The topological polar surface area (TPSA) is 61.6 Å². The molecule has 1 aromatic heterocycles. The van der Waals surface area contributed by atoms with Crippen molar-refractivity contribution in [3.63, 3.8) is 0 Å². The van der Waals surface area contributed by atoms with Gasteiger partial charge in [-0.3, -0.25) is 0 Å². The van der Waals surface area contributed by atoms with E-state index in [0.29, 0.717) is 11.5 Å². The Bertz CT molecular complexity index is 307. The van der Waals surface area contributed by atoms with Crippen LogP contribution in [0, 0.1) is 11.3 Å². The molecule has 1 heterocycles. The number of nitrogens with one attached hydrogen (secondary N) is 1. The molecule has 0 aromatic carbocycles. The minimum absolute atomic E-state index is 0.351. The van der Waals surface area contributed by atoms with E-state index < -0.39 is 0 Å². The van der Waals surface area contributed by atoms with Crippen LogP contribution in [-0.2, 0) is 0 Å². The van der Waals surface area contributed by atoms with Crippen molar-refractivity contribution in [3.8, 4) is 6.07 Å². The highest BCUT2D eigenvalue weighted by Crippen LogP contribution is 2.05. The second-order valence-electron chi connectivity index (χ2n) is 2.28. The van der Waals surface area contributed by atoms with E-state index in [9.17, 15) is 0 Å². The third-order valence-corrected chi connectivity index (χ3v) is 2.02. The molecule has 1 aromatic rings. The van der Waals surface area contributed by atoms with Crippen LogP contribution in [0.15, 0.2) is 12.4 Å². The summed E-state index contributed by atoms with van der Waals surface area (Å²) in [5.41, 5.74) is 0.351. The number of anilines is 1. The quantitative estimate of drug-likeness (QED) is 0.728. The molecule has 5 heteroatoms. The fraction of sp³-hybridized carbons (Fsp3) is 0.375. The lowest BCUT2D eigenvalue weighted by atomic mass is 10.4. The molecule has 0 radical (unpaired) electrons. The van der Waals surface area contributed by atoms with Crippen LogP contribution in [0.1, 0.15) is 5.69 Å². The summed E-state index contributed by atoms with van der Waals surface area (Å²) in [6, 6.07) is 1.98. The first-order chi connectivity index (χ1) is 6.38. The van der Waals surface area contributed by atoms with E-state index >= 15 is 0 Å². The van der Waals surface area contributed by atoms with Crippen molar-refractivity contribution in [2.45, 2.75) is 0 Å². The number of thioether (sulfide) groups is 1. The van der Waals surface area contributed by atoms with Crippen molar-refractivity contribution >= 4 is 17.6 Å². The Hall–Kier alpha value is -1.28. The maximum atomic E-state index is 8.68. The number of hydrogen-bond acceptors (Lipinski definition) is 5. The summed E-state index contributed by atoms with van der Waals surface area (Å²) in [6.07, 6.45) is 5.12. The van der Waals surface area contributed by atoms with Gasteiger partial charge in [-0.2, -0.15) is 17.0 Å². The molecule has 0 aliphatic heterocycles. The van der Waals surface area contributed by atoms with Gasteiger partial charge in [-0.25, -0.2) is 9.97 Å². The molecule has 0 saturated carbocycles. The molecule has 0 amide bonds. The zero-order chi connectivity index (χ0) is 9.52. The molecular weight excluding hydrogens is 184 g/mol. The summed E-state index contributed by atoms with van der Waals surface area (Å²) in [4.78, 5) is 7.90. The van der Waals surface area contributed by atoms with Gasteiger partial charge in [0.15, 0.2) is 11.5 Å². The van der Waals surface area contributed by atoms with Gasteiger partial charge >= 0.3 is 0 Å². The van der Waals surface area contributed by atoms with Crippen LogP contribution >= 0.6 is 11.8 Å². The monoisotopic (exact) mass is 194 g/mol. The second kappa shape index (κ2) is 5.38. The first-order valence-electron chi connectivity index (χ1n) is 3.82. The smallest absolute Gasteiger partial charge is 0.182 e. The summed E-state index contributed by atoms with van der Waals surface area (Å²) < 4.78 is 0. The van der Waals surface area contributed by atoms with E-state index in [1.165, 1.54) is 6.20 Å². The van der Waals surface area contributed by atoms with Crippen molar-refractivity contribution < 1.29 is 0 Å².